The average molecular weight is 470 g/mol. The van der Waals surface area contributed by atoms with Gasteiger partial charge in [0.2, 0.25) is 5.95 Å². The van der Waals surface area contributed by atoms with E-state index in [0.29, 0.717) is 34.3 Å². The van der Waals surface area contributed by atoms with Crippen LogP contribution in [-0.4, -0.2) is 53.2 Å². The van der Waals surface area contributed by atoms with Crippen LogP contribution in [0.25, 0.3) is 17.3 Å². The van der Waals surface area contributed by atoms with E-state index < -0.39 is 24.6 Å². The number of aliphatic carboxylic acids is 1. The molecule has 0 aliphatic carbocycles. The van der Waals surface area contributed by atoms with Crippen LogP contribution in [0.15, 0.2) is 42.6 Å². The van der Waals surface area contributed by atoms with Crippen molar-refractivity contribution in [3.63, 3.8) is 0 Å². The molecule has 0 unspecified atom stereocenters. The monoisotopic (exact) mass is 469 g/mol. The summed E-state index contributed by atoms with van der Waals surface area (Å²) in [6, 6.07) is 7.67. The maximum absolute atomic E-state index is 13.6. The number of nitrogens with zero attached hydrogens (tertiary/aromatic N) is 4. The Bertz CT molecular complexity index is 1160. The van der Waals surface area contributed by atoms with Gasteiger partial charge in [-0.15, -0.1) is 0 Å². The maximum Gasteiger partial charge on any atom is 0.305 e. The number of aromatic nitrogens is 4. The van der Waals surface area contributed by atoms with Gasteiger partial charge in [-0.1, -0.05) is 26.0 Å². The van der Waals surface area contributed by atoms with Crippen molar-refractivity contribution in [2.24, 2.45) is 7.05 Å². The van der Waals surface area contributed by atoms with Crippen molar-refractivity contribution in [1.29, 1.82) is 0 Å². The number of hydrogen-bond donors (Lipinski definition) is 4. The van der Waals surface area contributed by atoms with Crippen LogP contribution in [0.3, 0.4) is 0 Å². The normalized spacial score (nSPS) is 13.4. The van der Waals surface area contributed by atoms with Gasteiger partial charge in [0, 0.05) is 36.9 Å². The molecule has 0 fully saturated rings. The summed E-state index contributed by atoms with van der Waals surface area (Å²) in [5.74, 6) is -0.673. The molecule has 10 heteroatoms. The Morgan fingerprint density at radius 2 is 1.88 bits per heavy atom. The highest BCUT2D eigenvalue weighted by molar-refractivity contribution is 5.75. The minimum absolute atomic E-state index is 0.0270. The third-order valence-electron chi connectivity index (χ3n) is 5.00. The third-order valence-corrected chi connectivity index (χ3v) is 5.00. The first-order chi connectivity index (χ1) is 16.1. The van der Waals surface area contributed by atoms with Crippen LogP contribution in [0.2, 0.25) is 0 Å². The summed E-state index contributed by atoms with van der Waals surface area (Å²) in [4.78, 5) is 20.1. The number of aryl methyl sites for hydroxylation is 1. The topological polar surface area (TPSA) is 133 Å². The number of rotatable bonds is 10. The number of carboxylic acids is 1. The number of anilines is 2. The predicted molar refractivity (Wildman–Crippen MR) is 126 cm³/mol. The lowest BCUT2D eigenvalue weighted by Crippen LogP contribution is -2.19. The molecular formula is C24H28FN5O4. The first-order valence-corrected chi connectivity index (χ1v) is 10.8. The molecular weight excluding hydrogens is 441 g/mol. The van der Waals surface area contributed by atoms with Gasteiger partial charge in [-0.2, -0.15) is 5.10 Å². The molecule has 0 saturated carbocycles. The van der Waals surface area contributed by atoms with E-state index in [-0.39, 0.29) is 18.2 Å². The van der Waals surface area contributed by atoms with Crippen molar-refractivity contribution in [2.75, 3.05) is 5.32 Å². The van der Waals surface area contributed by atoms with Crippen LogP contribution in [0.5, 0.6) is 0 Å². The molecule has 0 radical (unpaired) electrons. The lowest BCUT2D eigenvalue weighted by atomic mass is 9.97. The second-order valence-corrected chi connectivity index (χ2v) is 8.27. The Balaban J connectivity index is 2.03. The van der Waals surface area contributed by atoms with Crippen molar-refractivity contribution >= 4 is 23.8 Å². The number of halogens is 1. The van der Waals surface area contributed by atoms with Crippen LogP contribution >= 0.6 is 0 Å². The van der Waals surface area contributed by atoms with E-state index in [4.69, 9.17) is 5.11 Å². The van der Waals surface area contributed by atoms with E-state index in [2.05, 4.69) is 20.4 Å². The predicted octanol–water partition coefficient (Wildman–Crippen LogP) is 3.48. The average Bonchev–Trinajstić information content (AvgIpc) is 3.16. The zero-order valence-electron chi connectivity index (χ0n) is 19.2. The van der Waals surface area contributed by atoms with E-state index in [1.54, 1.807) is 42.2 Å². The lowest BCUT2D eigenvalue weighted by molar-refractivity contribution is -0.139. The van der Waals surface area contributed by atoms with E-state index in [0.717, 1.165) is 0 Å². The number of benzene rings is 1. The maximum atomic E-state index is 13.6. The molecule has 3 rings (SSSR count). The Morgan fingerprint density at radius 3 is 2.47 bits per heavy atom. The third kappa shape index (κ3) is 6.69. The Morgan fingerprint density at radius 1 is 1.18 bits per heavy atom. The van der Waals surface area contributed by atoms with Gasteiger partial charge in [-0.05, 0) is 30.2 Å². The summed E-state index contributed by atoms with van der Waals surface area (Å²) >= 11 is 0. The van der Waals surface area contributed by atoms with E-state index >= 15 is 0 Å². The standard InChI is InChI=1S/C24H28FN5O4/c1-14(2)22-19(9-8-17(31)12-18(32)13-21(33)34)23(15-4-6-16(25)7-5-15)28-24(27-22)26-20-10-11-30(3)29-20/h4-11,14,17-18,31-32H,12-13H2,1-3H3,(H,33,34)(H,26,27,28,29)/t17-,18-/m1/s1. The van der Waals surface area contributed by atoms with E-state index in [1.165, 1.54) is 18.2 Å². The van der Waals surface area contributed by atoms with E-state index in [1.807, 2.05) is 13.8 Å². The molecule has 0 amide bonds. The minimum atomic E-state index is -1.18. The number of aliphatic hydroxyl groups is 2. The smallest absolute Gasteiger partial charge is 0.305 e. The highest BCUT2D eigenvalue weighted by atomic mass is 19.1. The molecule has 4 N–H and O–H groups in total. The summed E-state index contributed by atoms with van der Waals surface area (Å²) in [6.45, 7) is 3.93. The van der Waals surface area contributed by atoms with E-state index in [9.17, 15) is 19.4 Å². The first kappa shape index (κ1) is 25.0. The van der Waals surface area contributed by atoms with Crippen molar-refractivity contribution in [1.82, 2.24) is 19.7 Å². The molecule has 0 aliphatic rings. The number of aliphatic hydroxyl groups excluding tert-OH is 2. The van der Waals surface area contributed by atoms with Gasteiger partial charge in [-0.3, -0.25) is 9.48 Å². The molecule has 0 saturated heterocycles. The largest absolute Gasteiger partial charge is 0.481 e. The van der Waals surface area contributed by atoms with Crippen molar-refractivity contribution < 1.29 is 24.5 Å². The van der Waals surface area contributed by atoms with Gasteiger partial charge in [0.15, 0.2) is 5.82 Å². The second-order valence-electron chi connectivity index (χ2n) is 8.27. The highest BCUT2D eigenvalue weighted by Gasteiger charge is 2.19. The van der Waals surface area contributed by atoms with Crippen LogP contribution in [-0.2, 0) is 11.8 Å². The van der Waals surface area contributed by atoms with Crippen LogP contribution < -0.4 is 5.32 Å². The SMILES string of the molecule is CC(C)c1nc(Nc2ccn(C)n2)nc(-c2ccc(F)cc2)c1C=C[C@@H](O)C[C@@H](O)CC(=O)O. The molecule has 1 aromatic carbocycles. The molecule has 34 heavy (non-hydrogen) atoms. The number of nitrogens with one attached hydrogen (secondary N) is 1. The Kier molecular flexibility index (Phi) is 8.08. The van der Waals surface area contributed by atoms with Crippen LogP contribution in [0, 0.1) is 5.82 Å². The molecule has 2 aromatic heterocycles. The Hall–Kier alpha value is -3.63. The summed E-state index contributed by atoms with van der Waals surface area (Å²) in [5.41, 5.74) is 2.48. The summed E-state index contributed by atoms with van der Waals surface area (Å²) in [5, 5.41) is 36.3. The van der Waals surface area contributed by atoms with Gasteiger partial charge in [0.25, 0.3) is 0 Å². The molecule has 0 aliphatic heterocycles. The molecule has 9 nitrogen and oxygen atoms in total. The fraction of sp³-hybridized carbons (Fsp3) is 0.333. The zero-order valence-corrected chi connectivity index (χ0v) is 19.2. The molecule has 0 bridgehead atoms. The quantitative estimate of drug-likeness (QED) is 0.355. The van der Waals surface area contributed by atoms with Crippen LogP contribution in [0.4, 0.5) is 16.2 Å². The molecule has 2 heterocycles. The fourth-order valence-electron chi connectivity index (χ4n) is 3.42. The second kappa shape index (κ2) is 11.0. The highest BCUT2D eigenvalue weighted by Crippen LogP contribution is 2.31. The molecule has 3 aromatic rings. The molecule has 2 atom stereocenters. The zero-order chi connectivity index (χ0) is 24.8. The van der Waals surface area contributed by atoms with Crippen molar-refractivity contribution in [3.05, 3.63) is 59.7 Å². The van der Waals surface area contributed by atoms with Crippen molar-refractivity contribution in [3.8, 4) is 11.3 Å². The summed E-state index contributed by atoms with van der Waals surface area (Å²) in [6.07, 6.45) is 2.04. The first-order valence-electron chi connectivity index (χ1n) is 10.8. The number of carboxylic acid groups (broad SMARTS) is 1. The van der Waals surface area contributed by atoms with Gasteiger partial charge < -0.3 is 20.6 Å². The summed E-state index contributed by atoms with van der Waals surface area (Å²) in [7, 11) is 1.79. The van der Waals surface area contributed by atoms with Gasteiger partial charge in [0.05, 0.1) is 30.0 Å². The fourth-order valence-corrected chi connectivity index (χ4v) is 3.42. The van der Waals surface area contributed by atoms with Crippen LogP contribution in [0.1, 0.15) is 43.9 Å². The minimum Gasteiger partial charge on any atom is -0.481 e. The summed E-state index contributed by atoms with van der Waals surface area (Å²) < 4.78 is 15.2. The Labute approximate surface area is 196 Å². The lowest BCUT2D eigenvalue weighted by Gasteiger charge is -2.17. The van der Waals surface area contributed by atoms with Gasteiger partial charge in [-0.25, -0.2) is 14.4 Å². The van der Waals surface area contributed by atoms with Gasteiger partial charge in [0.1, 0.15) is 5.82 Å². The molecule has 180 valence electrons. The van der Waals surface area contributed by atoms with Crippen molar-refractivity contribution in [2.45, 2.75) is 44.8 Å². The van der Waals surface area contributed by atoms with Gasteiger partial charge >= 0.3 is 5.97 Å². The number of carbonyl (C=O) groups is 1. The number of hydrogen-bond acceptors (Lipinski definition) is 7. The molecule has 0 spiro atoms.